The van der Waals surface area contributed by atoms with Gasteiger partial charge in [0.15, 0.2) is 0 Å². The summed E-state index contributed by atoms with van der Waals surface area (Å²) in [6, 6.07) is -0.280. The number of nitrogens with one attached hydrogen (secondary N) is 1. The van der Waals surface area contributed by atoms with Crippen molar-refractivity contribution in [2.24, 2.45) is 0 Å². The van der Waals surface area contributed by atoms with E-state index in [1.54, 1.807) is 18.9 Å². The largest absolute Gasteiger partial charge is 0.478 e. The maximum Gasteiger partial charge on any atom is 0.338 e. The third-order valence-corrected chi connectivity index (χ3v) is 4.39. The highest BCUT2D eigenvalue weighted by molar-refractivity contribution is 7.16. The second-order valence-corrected chi connectivity index (χ2v) is 6.53. The monoisotopic (exact) mass is 313 g/mol. The van der Waals surface area contributed by atoms with E-state index >= 15 is 0 Å². The first-order valence-corrected chi connectivity index (χ1v) is 7.55. The van der Waals surface area contributed by atoms with Crippen LogP contribution in [0.1, 0.15) is 27.2 Å². The molecule has 0 fully saturated rings. The molecule has 118 valence electrons. The van der Waals surface area contributed by atoms with Gasteiger partial charge >= 0.3 is 12.0 Å². The summed E-state index contributed by atoms with van der Waals surface area (Å²) in [6.07, 6.45) is 0.866. The highest BCUT2D eigenvalue weighted by Gasteiger charge is 2.21. The second-order valence-electron chi connectivity index (χ2n) is 5.30. The molecule has 0 saturated heterocycles. The molecule has 1 heterocycles. The molecular formula is C14H23N3O3S. The number of carboxylic acid groups (broad SMARTS) is 1. The molecular weight excluding hydrogens is 290 g/mol. The number of aromatic carboxylic acids is 1. The molecule has 0 radical (unpaired) electrons. The molecule has 0 saturated carbocycles. The van der Waals surface area contributed by atoms with Gasteiger partial charge in [-0.25, -0.2) is 9.59 Å². The van der Waals surface area contributed by atoms with Crippen molar-refractivity contribution in [3.63, 3.8) is 0 Å². The third kappa shape index (κ3) is 4.71. The smallest absolute Gasteiger partial charge is 0.338 e. The summed E-state index contributed by atoms with van der Waals surface area (Å²) in [5.74, 6) is -1.01. The third-order valence-electron chi connectivity index (χ3n) is 3.27. The Hall–Kier alpha value is -1.60. The predicted molar refractivity (Wildman–Crippen MR) is 85.6 cm³/mol. The zero-order valence-corrected chi connectivity index (χ0v) is 14.0. The fourth-order valence-electron chi connectivity index (χ4n) is 1.89. The molecule has 21 heavy (non-hydrogen) atoms. The van der Waals surface area contributed by atoms with Crippen molar-refractivity contribution in [2.45, 2.75) is 20.3 Å². The van der Waals surface area contributed by atoms with Crippen LogP contribution in [0.2, 0.25) is 0 Å². The molecule has 7 heteroatoms. The van der Waals surface area contributed by atoms with Crippen LogP contribution < -0.4 is 5.32 Å². The fourth-order valence-corrected chi connectivity index (χ4v) is 2.93. The average Bonchev–Trinajstić information content (AvgIpc) is 2.63. The number of hydrogen-bond acceptors (Lipinski definition) is 4. The average molecular weight is 313 g/mol. The molecule has 1 rings (SSSR count). The number of urea groups is 1. The highest BCUT2D eigenvalue weighted by atomic mass is 32.1. The molecule has 0 spiro atoms. The number of amides is 2. The van der Waals surface area contributed by atoms with Crippen LogP contribution in [0, 0.1) is 13.8 Å². The number of hydrogen-bond donors (Lipinski definition) is 2. The lowest BCUT2D eigenvalue weighted by atomic mass is 10.1. The summed E-state index contributed by atoms with van der Waals surface area (Å²) in [5.41, 5.74) is 0.894. The molecule has 0 aliphatic rings. The molecule has 0 atom stereocenters. The van der Waals surface area contributed by atoms with Crippen LogP contribution in [0.3, 0.4) is 0 Å². The zero-order valence-electron chi connectivity index (χ0n) is 13.2. The Bertz CT molecular complexity index is 526. The molecule has 1 aromatic heterocycles. The zero-order chi connectivity index (χ0) is 16.2. The Morgan fingerprint density at radius 2 is 1.81 bits per heavy atom. The summed E-state index contributed by atoms with van der Waals surface area (Å²) >= 11 is 1.30. The van der Waals surface area contributed by atoms with E-state index in [9.17, 15) is 14.7 Å². The van der Waals surface area contributed by atoms with Crippen LogP contribution in [-0.2, 0) is 0 Å². The lowest BCUT2D eigenvalue weighted by Gasteiger charge is -2.19. The van der Waals surface area contributed by atoms with E-state index in [0.717, 1.165) is 17.8 Å². The van der Waals surface area contributed by atoms with E-state index in [4.69, 9.17) is 0 Å². The molecule has 2 N–H and O–H groups in total. The lowest BCUT2D eigenvalue weighted by molar-refractivity contribution is 0.0697. The van der Waals surface area contributed by atoms with Gasteiger partial charge in [-0.3, -0.25) is 5.32 Å². The number of carbonyl (C=O) groups is 2. The Balaban J connectivity index is 2.70. The lowest BCUT2D eigenvalue weighted by Crippen LogP contribution is -2.33. The molecule has 1 aromatic rings. The number of thiophene rings is 1. The van der Waals surface area contributed by atoms with Crippen molar-refractivity contribution in [1.29, 1.82) is 0 Å². The number of aryl methyl sites for hydroxylation is 1. The van der Waals surface area contributed by atoms with Crippen molar-refractivity contribution >= 4 is 28.3 Å². The van der Waals surface area contributed by atoms with E-state index in [1.165, 1.54) is 11.3 Å². The van der Waals surface area contributed by atoms with Crippen molar-refractivity contribution in [2.75, 3.05) is 39.5 Å². The van der Waals surface area contributed by atoms with Gasteiger partial charge in [-0.15, -0.1) is 11.3 Å². The quantitative estimate of drug-likeness (QED) is 0.846. The highest BCUT2D eigenvalue weighted by Crippen LogP contribution is 2.32. The van der Waals surface area contributed by atoms with E-state index in [-0.39, 0.29) is 11.6 Å². The molecule has 2 amide bonds. The van der Waals surface area contributed by atoms with Crippen molar-refractivity contribution < 1.29 is 14.7 Å². The summed E-state index contributed by atoms with van der Waals surface area (Å²) in [7, 11) is 5.67. The minimum atomic E-state index is -1.01. The van der Waals surface area contributed by atoms with Crippen molar-refractivity contribution in [3.05, 3.63) is 16.0 Å². The first-order chi connectivity index (χ1) is 9.73. The van der Waals surface area contributed by atoms with E-state index in [1.807, 2.05) is 21.0 Å². The molecule has 0 aliphatic carbocycles. The molecule has 0 aliphatic heterocycles. The second kappa shape index (κ2) is 7.42. The number of nitrogens with zero attached hydrogens (tertiary/aromatic N) is 2. The van der Waals surface area contributed by atoms with Crippen LogP contribution >= 0.6 is 11.3 Å². The van der Waals surface area contributed by atoms with Gasteiger partial charge < -0.3 is 14.9 Å². The first kappa shape index (κ1) is 17.5. The van der Waals surface area contributed by atoms with Gasteiger partial charge in [0.1, 0.15) is 5.00 Å². The summed E-state index contributed by atoms with van der Waals surface area (Å²) in [4.78, 5) is 27.9. The number of anilines is 1. The van der Waals surface area contributed by atoms with E-state index in [2.05, 4.69) is 10.2 Å². The van der Waals surface area contributed by atoms with Gasteiger partial charge in [-0.2, -0.15) is 0 Å². The van der Waals surface area contributed by atoms with Crippen LogP contribution in [0.5, 0.6) is 0 Å². The van der Waals surface area contributed by atoms with Crippen LogP contribution in [-0.4, -0.2) is 61.1 Å². The maximum atomic E-state index is 12.1. The van der Waals surface area contributed by atoms with Crippen LogP contribution in [0.15, 0.2) is 0 Å². The maximum absolute atomic E-state index is 12.1. The Morgan fingerprint density at radius 3 is 2.33 bits per heavy atom. The molecule has 0 bridgehead atoms. The van der Waals surface area contributed by atoms with Gasteiger partial charge in [-0.05, 0) is 46.5 Å². The first-order valence-electron chi connectivity index (χ1n) is 6.74. The number of carboxylic acids is 1. The van der Waals surface area contributed by atoms with Crippen molar-refractivity contribution in [3.8, 4) is 0 Å². The predicted octanol–water partition coefficient (Wildman–Crippen LogP) is 2.48. The molecule has 6 nitrogen and oxygen atoms in total. The van der Waals surface area contributed by atoms with Gasteiger partial charge in [0.05, 0.1) is 5.56 Å². The van der Waals surface area contributed by atoms with Gasteiger partial charge in [-0.1, -0.05) is 0 Å². The van der Waals surface area contributed by atoms with Crippen LogP contribution in [0.4, 0.5) is 9.80 Å². The SMILES string of the molecule is Cc1sc(NC(=O)N(C)CCCN(C)C)c(C(=O)O)c1C. The topological polar surface area (TPSA) is 72.9 Å². The minimum absolute atomic E-state index is 0.188. The molecule has 0 unspecified atom stereocenters. The van der Waals surface area contributed by atoms with Crippen molar-refractivity contribution in [1.82, 2.24) is 9.80 Å². The Kier molecular flexibility index (Phi) is 6.17. The van der Waals surface area contributed by atoms with Gasteiger partial charge in [0.2, 0.25) is 0 Å². The Labute approximate surface area is 129 Å². The molecule has 0 aromatic carbocycles. The Morgan fingerprint density at radius 1 is 1.19 bits per heavy atom. The van der Waals surface area contributed by atoms with Gasteiger partial charge in [0.25, 0.3) is 0 Å². The normalized spacial score (nSPS) is 10.8. The minimum Gasteiger partial charge on any atom is -0.478 e. The summed E-state index contributed by atoms with van der Waals surface area (Å²) in [5, 5.41) is 12.4. The summed E-state index contributed by atoms with van der Waals surface area (Å²) in [6.45, 7) is 5.12. The summed E-state index contributed by atoms with van der Waals surface area (Å²) < 4.78 is 0. The van der Waals surface area contributed by atoms with Gasteiger partial charge in [0, 0.05) is 18.5 Å². The fraction of sp³-hybridized carbons (Fsp3) is 0.571. The standard InChI is InChI=1S/C14H23N3O3S/c1-9-10(2)21-12(11(9)13(18)19)15-14(20)17(5)8-6-7-16(3)4/h6-8H2,1-5H3,(H,15,20)(H,18,19). The van der Waals surface area contributed by atoms with E-state index < -0.39 is 5.97 Å². The number of carbonyl (C=O) groups excluding carboxylic acids is 1. The number of rotatable bonds is 6. The van der Waals surface area contributed by atoms with E-state index in [0.29, 0.717) is 17.1 Å². The van der Waals surface area contributed by atoms with Crippen LogP contribution in [0.25, 0.3) is 0 Å².